The van der Waals surface area contributed by atoms with E-state index in [1.807, 2.05) is 0 Å². The Morgan fingerprint density at radius 1 is 1.62 bits per heavy atom. The molecule has 0 bridgehead atoms. The summed E-state index contributed by atoms with van der Waals surface area (Å²) in [5.74, 6) is -0.654. The van der Waals surface area contributed by atoms with Crippen LogP contribution in [-0.4, -0.2) is 24.2 Å². The predicted molar refractivity (Wildman–Crippen MR) is 67.9 cm³/mol. The van der Waals surface area contributed by atoms with Gasteiger partial charge < -0.3 is 10.4 Å². The molecule has 1 aliphatic rings. The van der Waals surface area contributed by atoms with Crippen molar-refractivity contribution in [2.75, 3.05) is 13.1 Å². The average Bonchev–Trinajstić information content (AvgIpc) is 2.92. The maximum absolute atomic E-state index is 10.9. The summed E-state index contributed by atoms with van der Waals surface area (Å²) in [6, 6.07) is 2.11. The van der Waals surface area contributed by atoms with E-state index in [0.717, 1.165) is 30.3 Å². The van der Waals surface area contributed by atoms with Crippen LogP contribution >= 0.6 is 27.3 Å². The van der Waals surface area contributed by atoms with E-state index in [2.05, 4.69) is 32.7 Å². The van der Waals surface area contributed by atoms with Crippen LogP contribution < -0.4 is 5.32 Å². The molecule has 1 aliphatic carbocycles. The van der Waals surface area contributed by atoms with Crippen molar-refractivity contribution < 1.29 is 9.90 Å². The van der Waals surface area contributed by atoms with Crippen LogP contribution in [0.3, 0.4) is 0 Å². The molecule has 3 nitrogen and oxygen atoms in total. The van der Waals surface area contributed by atoms with E-state index in [9.17, 15) is 4.79 Å². The maximum atomic E-state index is 10.9. The van der Waals surface area contributed by atoms with Gasteiger partial charge in [-0.05, 0) is 47.8 Å². The van der Waals surface area contributed by atoms with Gasteiger partial charge >= 0.3 is 5.97 Å². The fourth-order valence-electron chi connectivity index (χ4n) is 1.64. The first-order valence-corrected chi connectivity index (χ1v) is 6.97. The highest BCUT2D eigenvalue weighted by Crippen LogP contribution is 2.45. The normalized spacial score (nSPS) is 17.3. The molecule has 2 N–H and O–H groups in total. The van der Waals surface area contributed by atoms with Crippen molar-refractivity contribution in [2.45, 2.75) is 19.3 Å². The minimum absolute atomic E-state index is 0.448. The molecule has 0 saturated heterocycles. The summed E-state index contributed by atoms with van der Waals surface area (Å²) in [6.45, 7) is 1.46. The van der Waals surface area contributed by atoms with Gasteiger partial charge in [0, 0.05) is 21.3 Å². The van der Waals surface area contributed by atoms with Crippen LogP contribution in [0, 0.1) is 5.41 Å². The Morgan fingerprint density at radius 3 is 2.88 bits per heavy atom. The third-order valence-corrected chi connectivity index (χ3v) is 4.70. The number of carbonyl (C=O) groups is 1. The number of nitrogens with one attached hydrogen (secondary N) is 1. The number of aliphatic carboxylic acids is 1. The Bertz CT molecular complexity index is 387. The highest BCUT2D eigenvalue weighted by Gasteiger charge is 2.49. The van der Waals surface area contributed by atoms with Gasteiger partial charge in [0.1, 0.15) is 0 Å². The molecule has 1 saturated carbocycles. The lowest BCUT2D eigenvalue weighted by atomic mass is 10.1. The van der Waals surface area contributed by atoms with Crippen LogP contribution in [0.1, 0.15) is 17.7 Å². The van der Waals surface area contributed by atoms with Crippen LogP contribution in [0.25, 0.3) is 0 Å². The number of carboxylic acid groups (broad SMARTS) is 1. The summed E-state index contributed by atoms with van der Waals surface area (Å²) in [6.07, 6.45) is 2.60. The molecule has 0 amide bonds. The topological polar surface area (TPSA) is 49.3 Å². The molecule has 0 aromatic carbocycles. The molecule has 5 heteroatoms. The summed E-state index contributed by atoms with van der Waals surface area (Å²) >= 11 is 5.14. The second-order valence-electron chi connectivity index (χ2n) is 4.24. The molecule has 1 fully saturated rings. The zero-order valence-corrected chi connectivity index (χ0v) is 11.2. The molecule has 1 aromatic heterocycles. The smallest absolute Gasteiger partial charge is 0.310 e. The van der Waals surface area contributed by atoms with Crippen molar-refractivity contribution in [1.29, 1.82) is 0 Å². The maximum Gasteiger partial charge on any atom is 0.310 e. The first-order chi connectivity index (χ1) is 7.62. The Labute approximate surface area is 107 Å². The van der Waals surface area contributed by atoms with Gasteiger partial charge in [0.05, 0.1) is 5.41 Å². The van der Waals surface area contributed by atoms with Gasteiger partial charge in [-0.15, -0.1) is 11.3 Å². The third kappa shape index (κ3) is 2.84. The summed E-state index contributed by atoms with van der Waals surface area (Å²) in [5, 5.41) is 14.3. The van der Waals surface area contributed by atoms with Crippen molar-refractivity contribution in [3.05, 3.63) is 20.8 Å². The molecule has 2 rings (SSSR count). The Balaban J connectivity index is 1.68. The van der Waals surface area contributed by atoms with Gasteiger partial charge in [0.15, 0.2) is 0 Å². The van der Waals surface area contributed by atoms with Crippen LogP contribution in [0.4, 0.5) is 0 Å². The first kappa shape index (κ1) is 12.1. The zero-order valence-electron chi connectivity index (χ0n) is 8.83. The number of hydrogen-bond acceptors (Lipinski definition) is 3. The standard InChI is InChI=1S/C11H14BrNO2S/c12-8-5-9(16-6-8)1-4-13-7-11(2-3-11)10(14)15/h5-6,13H,1-4,7H2,(H,14,15). The number of hydrogen-bond donors (Lipinski definition) is 2. The molecule has 1 heterocycles. The van der Waals surface area contributed by atoms with Crippen LogP contribution in [0.5, 0.6) is 0 Å². The van der Waals surface area contributed by atoms with E-state index in [0.29, 0.717) is 6.54 Å². The molecular weight excluding hydrogens is 290 g/mol. The summed E-state index contributed by atoms with van der Waals surface area (Å²) < 4.78 is 1.12. The molecule has 16 heavy (non-hydrogen) atoms. The first-order valence-electron chi connectivity index (χ1n) is 5.29. The van der Waals surface area contributed by atoms with E-state index < -0.39 is 11.4 Å². The molecule has 0 radical (unpaired) electrons. The predicted octanol–water partition coefficient (Wildman–Crippen LogP) is 2.51. The Hall–Kier alpha value is -0.390. The largest absolute Gasteiger partial charge is 0.481 e. The number of thiophene rings is 1. The molecular formula is C11H14BrNO2S. The second kappa shape index (κ2) is 4.85. The number of rotatable bonds is 6. The van der Waals surface area contributed by atoms with E-state index in [1.54, 1.807) is 11.3 Å². The van der Waals surface area contributed by atoms with E-state index in [1.165, 1.54) is 4.88 Å². The lowest BCUT2D eigenvalue weighted by Crippen LogP contribution is -2.31. The third-order valence-electron chi connectivity index (χ3n) is 2.94. The minimum atomic E-state index is -0.654. The van der Waals surface area contributed by atoms with Gasteiger partial charge in [-0.1, -0.05) is 0 Å². The number of halogens is 1. The van der Waals surface area contributed by atoms with Crippen molar-refractivity contribution in [3.63, 3.8) is 0 Å². The van der Waals surface area contributed by atoms with Gasteiger partial charge in [-0.2, -0.15) is 0 Å². The molecule has 88 valence electrons. The summed E-state index contributed by atoms with van der Waals surface area (Å²) in [5.41, 5.74) is -0.448. The van der Waals surface area contributed by atoms with Gasteiger partial charge in [0.25, 0.3) is 0 Å². The fraction of sp³-hybridized carbons (Fsp3) is 0.545. The Kier molecular flexibility index (Phi) is 3.66. The molecule has 0 atom stereocenters. The highest BCUT2D eigenvalue weighted by molar-refractivity contribution is 9.10. The SMILES string of the molecule is O=C(O)C1(CNCCc2cc(Br)cs2)CC1. The van der Waals surface area contributed by atoms with Gasteiger partial charge in [0.2, 0.25) is 0 Å². The molecule has 0 unspecified atom stereocenters. The van der Waals surface area contributed by atoms with E-state index in [-0.39, 0.29) is 0 Å². The van der Waals surface area contributed by atoms with Crippen molar-refractivity contribution >= 4 is 33.2 Å². The van der Waals surface area contributed by atoms with Gasteiger partial charge in [-0.25, -0.2) is 0 Å². The highest BCUT2D eigenvalue weighted by atomic mass is 79.9. The van der Waals surface area contributed by atoms with Crippen molar-refractivity contribution in [1.82, 2.24) is 5.32 Å². The lowest BCUT2D eigenvalue weighted by Gasteiger charge is -2.10. The van der Waals surface area contributed by atoms with Crippen LogP contribution in [0.2, 0.25) is 0 Å². The molecule has 1 aromatic rings. The zero-order chi connectivity index (χ0) is 11.6. The van der Waals surface area contributed by atoms with Crippen LogP contribution in [-0.2, 0) is 11.2 Å². The second-order valence-corrected chi connectivity index (χ2v) is 6.15. The van der Waals surface area contributed by atoms with Crippen molar-refractivity contribution in [3.8, 4) is 0 Å². The summed E-state index contributed by atoms with van der Waals surface area (Å²) in [7, 11) is 0. The lowest BCUT2D eigenvalue weighted by molar-refractivity contribution is -0.143. The average molecular weight is 304 g/mol. The van der Waals surface area contributed by atoms with Crippen molar-refractivity contribution in [2.24, 2.45) is 5.41 Å². The molecule has 0 aliphatic heterocycles. The quantitative estimate of drug-likeness (QED) is 0.794. The summed E-state index contributed by atoms with van der Waals surface area (Å²) in [4.78, 5) is 12.2. The minimum Gasteiger partial charge on any atom is -0.481 e. The number of carboxylic acids is 1. The van der Waals surface area contributed by atoms with E-state index in [4.69, 9.17) is 5.11 Å². The van der Waals surface area contributed by atoms with Gasteiger partial charge in [-0.3, -0.25) is 4.79 Å². The molecule has 0 spiro atoms. The van der Waals surface area contributed by atoms with E-state index >= 15 is 0 Å². The van der Waals surface area contributed by atoms with Crippen LogP contribution in [0.15, 0.2) is 15.9 Å². The monoisotopic (exact) mass is 303 g/mol. The fourth-order valence-corrected chi connectivity index (χ4v) is 3.10. The Morgan fingerprint density at radius 2 is 2.38 bits per heavy atom.